The quantitative estimate of drug-likeness (QED) is 0.386. The molecule has 0 N–H and O–H groups in total. The number of rotatable bonds is 10. The molecule has 0 aliphatic carbocycles. The lowest BCUT2D eigenvalue weighted by Crippen LogP contribution is -2.44. The minimum Gasteiger partial charge on any atom is -0.469 e. The van der Waals surface area contributed by atoms with E-state index in [1.165, 1.54) is 23.8 Å². The van der Waals surface area contributed by atoms with Crippen molar-refractivity contribution in [1.82, 2.24) is 4.90 Å². The maximum absolute atomic E-state index is 11.3. The monoisotopic (exact) mass is 409 g/mol. The van der Waals surface area contributed by atoms with E-state index in [9.17, 15) is 4.79 Å². The Morgan fingerprint density at radius 2 is 1.80 bits per heavy atom. The maximum Gasteiger partial charge on any atom is 0.305 e. The second-order valence-electron chi connectivity index (χ2n) is 8.31. The summed E-state index contributed by atoms with van der Waals surface area (Å²) in [5.74, 6) is 0.430. The van der Waals surface area contributed by atoms with Crippen molar-refractivity contribution in [2.75, 3.05) is 20.2 Å². The fourth-order valence-electron chi connectivity index (χ4n) is 4.18. The van der Waals surface area contributed by atoms with Gasteiger partial charge in [-0.2, -0.15) is 0 Å². The van der Waals surface area contributed by atoms with E-state index >= 15 is 0 Å². The van der Waals surface area contributed by atoms with Crippen molar-refractivity contribution >= 4 is 5.97 Å². The van der Waals surface area contributed by atoms with E-state index in [4.69, 9.17) is 9.47 Å². The van der Waals surface area contributed by atoms with E-state index < -0.39 is 0 Å². The highest BCUT2D eigenvalue weighted by Gasteiger charge is 2.29. The van der Waals surface area contributed by atoms with Crippen LogP contribution in [0.15, 0.2) is 54.6 Å². The van der Waals surface area contributed by atoms with Crippen LogP contribution in [0.1, 0.15) is 61.1 Å². The van der Waals surface area contributed by atoms with Crippen LogP contribution in [0.3, 0.4) is 0 Å². The van der Waals surface area contributed by atoms with Gasteiger partial charge < -0.3 is 9.47 Å². The molecule has 2 unspecified atom stereocenters. The van der Waals surface area contributed by atoms with Gasteiger partial charge in [0.15, 0.2) is 0 Å². The SMILES string of the molecule is COC(=O)CCCCCN1CCC(c2ccc(C)cc2)CC1OCc1ccccc1. The number of hydrogen-bond donors (Lipinski definition) is 0. The number of aryl methyl sites for hydroxylation is 1. The lowest BCUT2D eigenvalue weighted by Gasteiger charge is -2.39. The molecule has 2 aromatic rings. The molecule has 0 aromatic heterocycles. The van der Waals surface area contributed by atoms with Gasteiger partial charge in [0.05, 0.1) is 13.7 Å². The number of methoxy groups -OCH3 is 1. The Bertz CT molecular complexity index is 760. The van der Waals surface area contributed by atoms with E-state index in [-0.39, 0.29) is 12.2 Å². The summed E-state index contributed by atoms with van der Waals surface area (Å²) in [5.41, 5.74) is 3.94. The fraction of sp³-hybridized carbons (Fsp3) is 0.500. The van der Waals surface area contributed by atoms with Gasteiger partial charge in [-0.15, -0.1) is 0 Å². The molecule has 1 aliphatic rings. The molecule has 30 heavy (non-hydrogen) atoms. The molecule has 0 bridgehead atoms. The summed E-state index contributed by atoms with van der Waals surface area (Å²) in [4.78, 5) is 13.8. The number of esters is 1. The van der Waals surface area contributed by atoms with E-state index in [2.05, 4.69) is 60.4 Å². The smallest absolute Gasteiger partial charge is 0.305 e. The van der Waals surface area contributed by atoms with Crippen molar-refractivity contribution in [2.24, 2.45) is 0 Å². The Morgan fingerprint density at radius 3 is 2.53 bits per heavy atom. The zero-order valence-corrected chi connectivity index (χ0v) is 18.4. The Balaban J connectivity index is 1.56. The third-order valence-corrected chi connectivity index (χ3v) is 6.05. The second-order valence-corrected chi connectivity index (χ2v) is 8.31. The van der Waals surface area contributed by atoms with Crippen LogP contribution in [0.5, 0.6) is 0 Å². The largest absolute Gasteiger partial charge is 0.469 e. The third kappa shape index (κ3) is 6.96. The topological polar surface area (TPSA) is 38.8 Å². The Labute approximate surface area is 181 Å². The van der Waals surface area contributed by atoms with Crippen molar-refractivity contribution in [2.45, 2.75) is 64.2 Å². The Hall–Kier alpha value is -2.17. The zero-order valence-electron chi connectivity index (χ0n) is 18.4. The van der Waals surface area contributed by atoms with Gasteiger partial charge >= 0.3 is 5.97 Å². The molecule has 1 saturated heterocycles. The van der Waals surface area contributed by atoms with E-state index in [1.54, 1.807) is 0 Å². The van der Waals surface area contributed by atoms with Gasteiger partial charge in [0.2, 0.25) is 0 Å². The maximum atomic E-state index is 11.3. The Morgan fingerprint density at radius 1 is 1.03 bits per heavy atom. The summed E-state index contributed by atoms with van der Waals surface area (Å²) in [7, 11) is 1.45. The average molecular weight is 410 g/mol. The lowest BCUT2D eigenvalue weighted by atomic mass is 9.88. The van der Waals surface area contributed by atoms with Crippen LogP contribution in [0.4, 0.5) is 0 Å². The van der Waals surface area contributed by atoms with Gasteiger partial charge in [-0.3, -0.25) is 9.69 Å². The number of carbonyl (C=O) groups is 1. The van der Waals surface area contributed by atoms with Crippen molar-refractivity contribution in [3.63, 3.8) is 0 Å². The molecule has 1 heterocycles. The molecule has 162 valence electrons. The van der Waals surface area contributed by atoms with Crippen molar-refractivity contribution in [1.29, 1.82) is 0 Å². The molecule has 0 radical (unpaired) electrons. The summed E-state index contributed by atoms with van der Waals surface area (Å²) in [6.07, 6.45) is 5.84. The molecule has 0 saturated carbocycles. The summed E-state index contributed by atoms with van der Waals surface area (Å²) >= 11 is 0. The van der Waals surface area contributed by atoms with Gasteiger partial charge in [0.25, 0.3) is 0 Å². The molecule has 4 nitrogen and oxygen atoms in total. The van der Waals surface area contributed by atoms with E-state index in [0.717, 1.165) is 45.2 Å². The van der Waals surface area contributed by atoms with Crippen LogP contribution in [-0.2, 0) is 20.9 Å². The van der Waals surface area contributed by atoms with E-state index in [1.807, 2.05) is 6.07 Å². The number of unbranched alkanes of at least 4 members (excludes halogenated alkanes) is 2. The summed E-state index contributed by atoms with van der Waals surface area (Å²) in [6, 6.07) is 19.4. The number of likely N-dealkylation sites (tertiary alicyclic amines) is 1. The zero-order chi connectivity index (χ0) is 21.2. The number of carbonyl (C=O) groups excluding carboxylic acids is 1. The van der Waals surface area contributed by atoms with E-state index in [0.29, 0.717) is 18.9 Å². The molecular formula is C26H35NO3. The standard InChI is InChI=1S/C26H35NO3/c1-21-12-14-23(15-13-21)24-16-18-27(17-8-4-7-11-26(28)29-2)25(19-24)30-20-22-9-5-3-6-10-22/h3,5-6,9-10,12-15,24-25H,4,7-8,11,16-20H2,1-2H3. The van der Waals surface area contributed by atoms with Crippen LogP contribution in [-0.4, -0.2) is 37.3 Å². The minimum absolute atomic E-state index is 0.113. The molecule has 2 atom stereocenters. The number of hydrogen-bond acceptors (Lipinski definition) is 4. The molecular weight excluding hydrogens is 374 g/mol. The van der Waals surface area contributed by atoms with Crippen LogP contribution in [0.25, 0.3) is 0 Å². The van der Waals surface area contributed by atoms with Crippen LogP contribution >= 0.6 is 0 Å². The molecule has 2 aromatic carbocycles. The van der Waals surface area contributed by atoms with Gasteiger partial charge in [0.1, 0.15) is 6.23 Å². The molecule has 0 amide bonds. The molecule has 1 fully saturated rings. The van der Waals surface area contributed by atoms with Crippen molar-refractivity contribution in [3.05, 3.63) is 71.3 Å². The highest BCUT2D eigenvalue weighted by Crippen LogP contribution is 2.33. The minimum atomic E-state index is -0.113. The van der Waals surface area contributed by atoms with Crippen LogP contribution < -0.4 is 0 Å². The first-order valence-electron chi connectivity index (χ1n) is 11.2. The van der Waals surface area contributed by atoms with Gasteiger partial charge in [-0.05, 0) is 49.7 Å². The number of benzene rings is 2. The first-order chi connectivity index (χ1) is 14.7. The van der Waals surface area contributed by atoms with Crippen LogP contribution in [0, 0.1) is 6.92 Å². The summed E-state index contributed by atoms with van der Waals surface area (Å²) in [6.45, 7) is 4.85. The highest BCUT2D eigenvalue weighted by atomic mass is 16.5. The number of ether oxygens (including phenoxy) is 2. The summed E-state index contributed by atoms with van der Waals surface area (Å²) in [5, 5.41) is 0. The van der Waals surface area contributed by atoms with Crippen molar-refractivity contribution in [3.8, 4) is 0 Å². The molecule has 4 heteroatoms. The molecule has 0 spiro atoms. The predicted molar refractivity (Wildman–Crippen MR) is 120 cm³/mol. The fourth-order valence-corrected chi connectivity index (χ4v) is 4.18. The lowest BCUT2D eigenvalue weighted by molar-refractivity contribution is -0.140. The molecule has 1 aliphatic heterocycles. The first kappa shape index (κ1) is 22.5. The van der Waals surface area contributed by atoms with Crippen LogP contribution in [0.2, 0.25) is 0 Å². The summed E-state index contributed by atoms with van der Waals surface area (Å²) < 4.78 is 11.2. The van der Waals surface area contributed by atoms with Crippen molar-refractivity contribution < 1.29 is 14.3 Å². The predicted octanol–water partition coefficient (Wildman–Crippen LogP) is 5.45. The average Bonchev–Trinajstić information content (AvgIpc) is 2.79. The number of nitrogens with zero attached hydrogens (tertiary/aromatic N) is 1. The first-order valence-corrected chi connectivity index (χ1v) is 11.2. The normalized spacial score (nSPS) is 19.5. The van der Waals surface area contributed by atoms with Gasteiger partial charge in [-0.1, -0.05) is 66.6 Å². The Kier molecular flexibility index (Phi) is 8.91. The molecule has 3 rings (SSSR count). The number of piperidine rings is 1. The third-order valence-electron chi connectivity index (χ3n) is 6.05. The van der Waals surface area contributed by atoms with Gasteiger partial charge in [0, 0.05) is 19.5 Å². The van der Waals surface area contributed by atoms with Gasteiger partial charge in [-0.25, -0.2) is 0 Å². The highest BCUT2D eigenvalue weighted by molar-refractivity contribution is 5.68. The second kappa shape index (κ2) is 11.9.